The maximum atomic E-state index is 7.08. The summed E-state index contributed by atoms with van der Waals surface area (Å²) in [5.74, 6) is 0. The smallest absolute Gasteiger partial charge is 0.230 e. The molecule has 1 atom stereocenters. The summed E-state index contributed by atoms with van der Waals surface area (Å²) in [6.45, 7) is 3.97. The first kappa shape index (κ1) is 10.6. The van der Waals surface area contributed by atoms with E-state index >= 15 is 0 Å². The molecule has 2 rings (SSSR count). The standard InChI is InChI=1S/C13H14N2O/c1-9-8-16-13(15-14)10(2)12(9)11-6-4-3-5-7-11/h3-8,13-14H,1-2H3. The molecule has 1 N–H and O–H groups in total. The van der Waals surface area contributed by atoms with Crippen LogP contribution in [0, 0.1) is 5.53 Å². The highest BCUT2D eigenvalue weighted by Gasteiger charge is 2.20. The number of hydrogen-bond donors (Lipinski definition) is 1. The molecule has 0 amide bonds. The third-order valence-corrected chi connectivity index (χ3v) is 2.71. The third-order valence-electron chi connectivity index (χ3n) is 2.71. The van der Waals surface area contributed by atoms with E-state index in [9.17, 15) is 0 Å². The molecule has 0 radical (unpaired) electrons. The van der Waals surface area contributed by atoms with E-state index in [-0.39, 0.29) is 0 Å². The van der Waals surface area contributed by atoms with E-state index in [2.05, 4.69) is 17.2 Å². The second kappa shape index (κ2) is 4.31. The molecule has 1 aliphatic rings. The first-order valence-corrected chi connectivity index (χ1v) is 5.19. The Labute approximate surface area is 95.0 Å². The molecule has 0 saturated carbocycles. The van der Waals surface area contributed by atoms with E-state index in [0.29, 0.717) is 0 Å². The van der Waals surface area contributed by atoms with Gasteiger partial charge in [-0.1, -0.05) is 30.3 Å². The normalized spacial score (nSPS) is 20.1. The second-order valence-corrected chi connectivity index (χ2v) is 3.84. The van der Waals surface area contributed by atoms with Crippen molar-refractivity contribution < 1.29 is 4.74 Å². The van der Waals surface area contributed by atoms with E-state index in [1.165, 1.54) is 0 Å². The molecular weight excluding hydrogens is 200 g/mol. The summed E-state index contributed by atoms with van der Waals surface area (Å²) in [7, 11) is 0. The highest BCUT2D eigenvalue weighted by molar-refractivity contribution is 5.81. The SMILES string of the molecule is CC1=COC(N=N)C(C)=C1c1ccccc1. The second-order valence-electron chi connectivity index (χ2n) is 3.84. The number of nitrogens with one attached hydrogen (secondary N) is 1. The molecule has 0 saturated heterocycles. The van der Waals surface area contributed by atoms with Gasteiger partial charge in [-0.3, -0.25) is 0 Å². The fourth-order valence-corrected chi connectivity index (χ4v) is 1.95. The molecule has 1 aromatic carbocycles. The molecule has 0 aliphatic carbocycles. The van der Waals surface area contributed by atoms with Crippen molar-refractivity contribution >= 4 is 5.57 Å². The Morgan fingerprint density at radius 1 is 1.19 bits per heavy atom. The van der Waals surface area contributed by atoms with Crippen LogP contribution in [0.2, 0.25) is 0 Å². The van der Waals surface area contributed by atoms with Gasteiger partial charge in [0.05, 0.1) is 6.26 Å². The molecular formula is C13H14N2O. The van der Waals surface area contributed by atoms with E-state index in [0.717, 1.165) is 22.3 Å². The average Bonchev–Trinajstić information content (AvgIpc) is 2.31. The molecule has 16 heavy (non-hydrogen) atoms. The summed E-state index contributed by atoms with van der Waals surface area (Å²) in [4.78, 5) is 0. The Bertz CT molecular complexity index is 460. The number of allylic oxidation sites excluding steroid dienone is 2. The molecule has 1 aromatic rings. The van der Waals surface area contributed by atoms with Gasteiger partial charge in [-0.2, -0.15) is 0 Å². The zero-order valence-corrected chi connectivity index (χ0v) is 9.40. The van der Waals surface area contributed by atoms with Crippen LogP contribution in [0.1, 0.15) is 19.4 Å². The Balaban J connectivity index is 2.52. The quantitative estimate of drug-likeness (QED) is 0.748. The lowest BCUT2D eigenvalue weighted by molar-refractivity contribution is 0.169. The van der Waals surface area contributed by atoms with Crippen LogP contribution < -0.4 is 0 Å². The van der Waals surface area contributed by atoms with Gasteiger partial charge in [0.1, 0.15) is 0 Å². The first-order chi connectivity index (χ1) is 7.74. The van der Waals surface area contributed by atoms with Gasteiger partial charge in [0.15, 0.2) is 0 Å². The first-order valence-electron chi connectivity index (χ1n) is 5.19. The van der Waals surface area contributed by atoms with Gasteiger partial charge in [-0.05, 0) is 36.1 Å². The van der Waals surface area contributed by atoms with Gasteiger partial charge in [0.2, 0.25) is 6.23 Å². The minimum atomic E-state index is -0.473. The van der Waals surface area contributed by atoms with Gasteiger partial charge >= 0.3 is 0 Å². The van der Waals surface area contributed by atoms with Crippen molar-refractivity contribution in [2.45, 2.75) is 20.1 Å². The highest BCUT2D eigenvalue weighted by Crippen LogP contribution is 2.32. The van der Waals surface area contributed by atoms with Crippen LogP contribution in [0.5, 0.6) is 0 Å². The van der Waals surface area contributed by atoms with Gasteiger partial charge < -0.3 is 4.74 Å². The van der Waals surface area contributed by atoms with E-state index < -0.39 is 6.23 Å². The maximum absolute atomic E-state index is 7.08. The van der Waals surface area contributed by atoms with E-state index in [4.69, 9.17) is 10.3 Å². The number of hydrogen-bond acceptors (Lipinski definition) is 3. The lowest BCUT2D eigenvalue weighted by Crippen LogP contribution is -2.14. The molecule has 1 aliphatic heterocycles. The summed E-state index contributed by atoms with van der Waals surface area (Å²) in [6, 6.07) is 10.1. The zero-order chi connectivity index (χ0) is 11.5. The molecule has 1 unspecified atom stereocenters. The molecule has 0 bridgehead atoms. The Morgan fingerprint density at radius 2 is 1.88 bits per heavy atom. The predicted molar refractivity (Wildman–Crippen MR) is 62.8 cm³/mol. The van der Waals surface area contributed by atoms with Crippen LogP contribution in [0.15, 0.2) is 52.9 Å². The number of benzene rings is 1. The predicted octanol–water partition coefficient (Wildman–Crippen LogP) is 3.75. The van der Waals surface area contributed by atoms with Crippen molar-refractivity contribution in [3.05, 3.63) is 53.3 Å². The van der Waals surface area contributed by atoms with Crippen molar-refractivity contribution in [1.82, 2.24) is 0 Å². The summed E-state index contributed by atoms with van der Waals surface area (Å²) >= 11 is 0. The Morgan fingerprint density at radius 3 is 2.50 bits per heavy atom. The van der Waals surface area contributed by atoms with Crippen molar-refractivity contribution in [2.75, 3.05) is 0 Å². The number of nitrogens with zero attached hydrogens (tertiary/aromatic N) is 1. The third kappa shape index (κ3) is 1.76. The van der Waals surface area contributed by atoms with Gasteiger partial charge in [0, 0.05) is 0 Å². The molecule has 1 heterocycles. The minimum absolute atomic E-state index is 0.473. The fourth-order valence-electron chi connectivity index (χ4n) is 1.95. The van der Waals surface area contributed by atoms with Crippen LogP contribution in [0.4, 0.5) is 0 Å². The topological polar surface area (TPSA) is 45.4 Å². The van der Waals surface area contributed by atoms with Crippen molar-refractivity contribution in [3.63, 3.8) is 0 Å². The van der Waals surface area contributed by atoms with Crippen molar-refractivity contribution in [2.24, 2.45) is 5.11 Å². The maximum Gasteiger partial charge on any atom is 0.230 e. The lowest BCUT2D eigenvalue weighted by atomic mass is 9.93. The molecule has 3 heteroatoms. The molecule has 0 aromatic heterocycles. The van der Waals surface area contributed by atoms with Gasteiger partial charge in [0.25, 0.3) is 0 Å². The molecule has 3 nitrogen and oxygen atoms in total. The average molecular weight is 214 g/mol. The van der Waals surface area contributed by atoms with E-state index in [1.54, 1.807) is 6.26 Å². The summed E-state index contributed by atoms with van der Waals surface area (Å²) in [5, 5.41) is 3.46. The summed E-state index contributed by atoms with van der Waals surface area (Å²) in [6.07, 6.45) is 1.21. The molecule has 82 valence electrons. The fraction of sp³-hybridized carbons (Fsp3) is 0.231. The highest BCUT2D eigenvalue weighted by atomic mass is 16.5. The van der Waals surface area contributed by atoms with Gasteiger partial charge in [-0.15, -0.1) is 5.11 Å². The minimum Gasteiger partial charge on any atom is -0.470 e. The molecule has 0 spiro atoms. The molecule has 0 fully saturated rings. The van der Waals surface area contributed by atoms with Crippen molar-refractivity contribution in [3.8, 4) is 0 Å². The zero-order valence-electron chi connectivity index (χ0n) is 9.40. The van der Waals surface area contributed by atoms with Gasteiger partial charge in [-0.25, -0.2) is 5.53 Å². The largest absolute Gasteiger partial charge is 0.470 e. The summed E-state index contributed by atoms with van der Waals surface area (Å²) in [5.41, 5.74) is 11.4. The number of ether oxygens (including phenoxy) is 1. The monoisotopic (exact) mass is 214 g/mol. The van der Waals surface area contributed by atoms with Crippen molar-refractivity contribution in [1.29, 1.82) is 5.53 Å². The lowest BCUT2D eigenvalue weighted by Gasteiger charge is -2.22. The van der Waals surface area contributed by atoms with Crippen LogP contribution in [-0.4, -0.2) is 6.23 Å². The van der Waals surface area contributed by atoms with Crippen LogP contribution in [0.25, 0.3) is 5.57 Å². The van der Waals surface area contributed by atoms with Crippen LogP contribution in [0.3, 0.4) is 0 Å². The summed E-state index contributed by atoms with van der Waals surface area (Å²) < 4.78 is 5.33. The Hall–Kier alpha value is -1.90. The van der Waals surface area contributed by atoms with E-state index in [1.807, 2.05) is 32.0 Å². The Kier molecular flexibility index (Phi) is 2.86. The van der Waals surface area contributed by atoms with Crippen LogP contribution in [-0.2, 0) is 4.74 Å². The number of rotatable bonds is 2. The van der Waals surface area contributed by atoms with Crippen LogP contribution >= 0.6 is 0 Å².